The first-order valence-electron chi connectivity index (χ1n) is 5.89. The fourth-order valence-electron chi connectivity index (χ4n) is 2.06. The molecule has 1 aromatic carbocycles. The van der Waals surface area contributed by atoms with Gasteiger partial charge in [0.25, 0.3) is 5.69 Å². The molecule has 0 aliphatic carbocycles. The van der Waals surface area contributed by atoms with Crippen LogP contribution in [0.3, 0.4) is 0 Å². The Morgan fingerprint density at radius 3 is 2.40 bits per heavy atom. The summed E-state index contributed by atoms with van der Waals surface area (Å²) in [6, 6.07) is 4.97. The maximum atomic E-state index is 11.9. The third-order valence-electron chi connectivity index (χ3n) is 3.12. The third-order valence-corrected chi connectivity index (χ3v) is 5.00. The lowest BCUT2D eigenvalue weighted by molar-refractivity contribution is -0.384. The fourth-order valence-corrected chi connectivity index (χ4v) is 4.08. The number of nitro groups is 1. The number of ether oxygens (including phenoxy) is 1. The van der Waals surface area contributed by atoms with Crippen molar-refractivity contribution in [2.75, 3.05) is 11.5 Å². The summed E-state index contributed by atoms with van der Waals surface area (Å²) in [6.45, 7) is 1.57. The molecule has 0 aromatic heterocycles. The molecule has 2 rings (SSSR count). The van der Waals surface area contributed by atoms with Crippen LogP contribution < -0.4 is 0 Å². The quantitative estimate of drug-likeness (QED) is 0.474. The number of nitrogens with zero attached hydrogens (tertiary/aromatic N) is 1. The number of nitro benzene ring substituents is 1. The van der Waals surface area contributed by atoms with Crippen molar-refractivity contribution in [3.8, 4) is 0 Å². The van der Waals surface area contributed by atoms with Crippen molar-refractivity contribution < 1.29 is 22.9 Å². The average Bonchev–Trinajstić information content (AvgIpc) is 2.63. The van der Waals surface area contributed by atoms with Crippen molar-refractivity contribution in [2.45, 2.75) is 18.9 Å². The molecule has 8 heteroatoms. The summed E-state index contributed by atoms with van der Waals surface area (Å²) in [6.07, 6.45) is 0.258. The lowest BCUT2D eigenvalue weighted by Gasteiger charge is -2.22. The molecule has 7 nitrogen and oxygen atoms in total. The Balaban J connectivity index is 2.11. The third kappa shape index (κ3) is 3.13. The van der Waals surface area contributed by atoms with Crippen LogP contribution in [-0.2, 0) is 14.6 Å². The van der Waals surface area contributed by atoms with Crippen LogP contribution in [0.2, 0.25) is 0 Å². The van der Waals surface area contributed by atoms with Crippen LogP contribution in [0.1, 0.15) is 23.7 Å². The Morgan fingerprint density at radius 2 is 1.95 bits per heavy atom. The number of carbonyl (C=O) groups is 1. The molecule has 108 valence electrons. The molecule has 1 saturated heterocycles. The predicted molar refractivity (Wildman–Crippen MR) is 70.2 cm³/mol. The van der Waals surface area contributed by atoms with E-state index >= 15 is 0 Å². The smallest absolute Gasteiger partial charge is 0.338 e. The lowest BCUT2D eigenvalue weighted by atomic mass is 10.1. The molecule has 0 radical (unpaired) electrons. The molecule has 1 aromatic rings. The summed E-state index contributed by atoms with van der Waals surface area (Å²) in [4.78, 5) is 21.8. The molecule has 0 bridgehead atoms. The van der Waals surface area contributed by atoms with Gasteiger partial charge in [0, 0.05) is 18.6 Å². The highest BCUT2D eigenvalue weighted by Gasteiger charge is 2.41. The standard InChI is InChI=1S/C12H13NO6S/c1-12(6-7-20(17,18)8-12)19-11(14)9-2-4-10(5-3-9)13(15)16/h2-5H,6-8H2,1H3/t12-/m0/s1. The van der Waals surface area contributed by atoms with Crippen LogP contribution >= 0.6 is 0 Å². The zero-order valence-corrected chi connectivity index (χ0v) is 11.6. The van der Waals surface area contributed by atoms with Gasteiger partial charge in [0.15, 0.2) is 9.84 Å². The van der Waals surface area contributed by atoms with Crippen LogP contribution in [0.15, 0.2) is 24.3 Å². The second-order valence-electron chi connectivity index (χ2n) is 4.99. The molecule has 20 heavy (non-hydrogen) atoms. The molecule has 1 aliphatic heterocycles. The first-order valence-corrected chi connectivity index (χ1v) is 7.71. The predicted octanol–water partition coefficient (Wildman–Crippen LogP) is 1.33. The SMILES string of the molecule is C[C@]1(OC(=O)c2ccc([N+](=O)[O-])cc2)CCS(=O)(=O)C1. The highest BCUT2D eigenvalue weighted by atomic mass is 32.2. The van der Waals surface area contributed by atoms with E-state index in [1.54, 1.807) is 6.92 Å². The van der Waals surface area contributed by atoms with E-state index in [0.29, 0.717) is 0 Å². The van der Waals surface area contributed by atoms with Gasteiger partial charge in [-0.05, 0) is 19.1 Å². The highest BCUT2D eigenvalue weighted by molar-refractivity contribution is 7.91. The Kier molecular flexibility index (Phi) is 3.51. The van der Waals surface area contributed by atoms with Gasteiger partial charge < -0.3 is 4.74 Å². The number of hydrogen-bond acceptors (Lipinski definition) is 6. The van der Waals surface area contributed by atoms with E-state index in [2.05, 4.69) is 0 Å². The molecule has 1 heterocycles. The van der Waals surface area contributed by atoms with Crippen molar-refractivity contribution >= 4 is 21.5 Å². The largest absolute Gasteiger partial charge is 0.455 e. The van der Waals surface area contributed by atoms with Gasteiger partial charge in [0.2, 0.25) is 0 Å². The molecule has 0 saturated carbocycles. The van der Waals surface area contributed by atoms with Crippen molar-refractivity contribution in [1.82, 2.24) is 0 Å². The van der Waals surface area contributed by atoms with E-state index in [9.17, 15) is 23.3 Å². The minimum Gasteiger partial charge on any atom is -0.455 e. The van der Waals surface area contributed by atoms with Crippen LogP contribution in [0.4, 0.5) is 5.69 Å². The maximum absolute atomic E-state index is 11.9. The normalized spacial score (nSPS) is 24.2. The van der Waals surface area contributed by atoms with Crippen LogP contribution in [0.5, 0.6) is 0 Å². The van der Waals surface area contributed by atoms with E-state index in [0.717, 1.165) is 0 Å². The summed E-state index contributed by atoms with van der Waals surface area (Å²) in [5.41, 5.74) is -1.00. The van der Waals surface area contributed by atoms with Gasteiger partial charge in [0.05, 0.1) is 22.0 Å². The van der Waals surface area contributed by atoms with Crippen molar-refractivity contribution in [2.24, 2.45) is 0 Å². The molecule has 0 unspecified atom stereocenters. The fraction of sp³-hybridized carbons (Fsp3) is 0.417. The Labute approximate surface area is 115 Å². The molecular weight excluding hydrogens is 286 g/mol. The number of carbonyl (C=O) groups excluding carboxylic acids is 1. The zero-order chi connectivity index (χ0) is 15.0. The number of rotatable bonds is 3. The van der Waals surface area contributed by atoms with E-state index < -0.39 is 26.3 Å². The van der Waals surface area contributed by atoms with Gasteiger partial charge >= 0.3 is 5.97 Å². The van der Waals surface area contributed by atoms with E-state index in [1.807, 2.05) is 0 Å². The second-order valence-corrected chi connectivity index (χ2v) is 7.17. The molecule has 1 aliphatic rings. The Hall–Kier alpha value is -1.96. The van der Waals surface area contributed by atoms with E-state index in [-0.39, 0.29) is 29.2 Å². The number of non-ortho nitro benzene ring substituents is 1. The van der Waals surface area contributed by atoms with Crippen LogP contribution in [0.25, 0.3) is 0 Å². The molecule has 1 fully saturated rings. The van der Waals surface area contributed by atoms with Crippen molar-refractivity contribution in [1.29, 1.82) is 0 Å². The highest BCUT2D eigenvalue weighted by Crippen LogP contribution is 2.28. The molecule has 0 spiro atoms. The first kappa shape index (κ1) is 14.4. The zero-order valence-electron chi connectivity index (χ0n) is 10.7. The Bertz CT molecular complexity index is 651. The minimum absolute atomic E-state index is 0.00294. The molecule has 1 atom stereocenters. The second kappa shape index (κ2) is 4.86. The average molecular weight is 299 g/mol. The summed E-state index contributed by atoms with van der Waals surface area (Å²) in [5.74, 6) is -0.880. The molecule has 0 N–H and O–H groups in total. The number of benzene rings is 1. The minimum atomic E-state index is -3.17. The first-order chi connectivity index (χ1) is 9.21. The van der Waals surface area contributed by atoms with Gasteiger partial charge in [-0.2, -0.15) is 0 Å². The summed E-state index contributed by atoms with van der Waals surface area (Å²) in [5, 5.41) is 10.5. The Morgan fingerprint density at radius 1 is 1.35 bits per heavy atom. The molecule has 0 amide bonds. The van der Waals surface area contributed by atoms with Gasteiger partial charge in [0.1, 0.15) is 5.60 Å². The summed E-state index contributed by atoms with van der Waals surface area (Å²) >= 11 is 0. The van der Waals surface area contributed by atoms with Crippen molar-refractivity contribution in [3.63, 3.8) is 0 Å². The van der Waals surface area contributed by atoms with Crippen LogP contribution in [-0.4, -0.2) is 36.4 Å². The van der Waals surface area contributed by atoms with Crippen molar-refractivity contribution in [3.05, 3.63) is 39.9 Å². The summed E-state index contributed by atoms with van der Waals surface area (Å²) < 4.78 is 28.1. The van der Waals surface area contributed by atoms with Gasteiger partial charge in [-0.3, -0.25) is 10.1 Å². The number of esters is 1. The maximum Gasteiger partial charge on any atom is 0.338 e. The monoisotopic (exact) mass is 299 g/mol. The van der Waals surface area contributed by atoms with Gasteiger partial charge in [-0.15, -0.1) is 0 Å². The van der Waals surface area contributed by atoms with Crippen LogP contribution in [0, 0.1) is 10.1 Å². The summed E-state index contributed by atoms with van der Waals surface area (Å²) in [7, 11) is -3.17. The lowest BCUT2D eigenvalue weighted by Crippen LogP contribution is -2.32. The number of sulfone groups is 1. The topological polar surface area (TPSA) is 104 Å². The van der Waals surface area contributed by atoms with Gasteiger partial charge in [-0.25, -0.2) is 13.2 Å². The number of hydrogen-bond donors (Lipinski definition) is 0. The van der Waals surface area contributed by atoms with E-state index in [4.69, 9.17) is 4.74 Å². The molecular formula is C12H13NO6S. The van der Waals surface area contributed by atoms with E-state index in [1.165, 1.54) is 24.3 Å². The van der Waals surface area contributed by atoms with Gasteiger partial charge in [-0.1, -0.05) is 0 Å².